The van der Waals surface area contributed by atoms with Crippen LogP contribution in [0, 0.1) is 5.92 Å². The van der Waals surface area contributed by atoms with Crippen LogP contribution in [0.2, 0.25) is 0 Å². The van der Waals surface area contributed by atoms with Crippen LogP contribution in [0.4, 0.5) is 13.2 Å². The summed E-state index contributed by atoms with van der Waals surface area (Å²) in [4.78, 5) is 23.3. The first-order valence-electron chi connectivity index (χ1n) is 9.06. The summed E-state index contributed by atoms with van der Waals surface area (Å²) in [6.07, 6.45) is -3.34. The van der Waals surface area contributed by atoms with Crippen molar-refractivity contribution in [3.05, 3.63) is 48.0 Å². The van der Waals surface area contributed by atoms with Gasteiger partial charge in [-0.1, -0.05) is 36.4 Å². The average molecular weight is 400 g/mol. The standard InChI is InChI=1S/C21H27F3O4/c1-15(19(26)27-14-16-10-6-5-7-11-16)17(28-20(2,3)4)12-8-9-13-18(25)21(22,23)24/h5-7,9-11,13,15,17H,8,12,14H2,1-4H3/b13-9+/t15-,17-/m0/s1. The Hall–Kier alpha value is -2.15. The Kier molecular flexibility index (Phi) is 8.88. The van der Waals surface area contributed by atoms with Gasteiger partial charge in [-0.3, -0.25) is 9.59 Å². The number of ether oxygens (including phenoxy) is 2. The van der Waals surface area contributed by atoms with E-state index in [0.717, 1.165) is 11.6 Å². The maximum absolute atomic E-state index is 12.4. The van der Waals surface area contributed by atoms with Crippen molar-refractivity contribution in [2.75, 3.05) is 0 Å². The number of allylic oxidation sites excluding steroid dienone is 2. The number of carbonyl (C=O) groups excluding carboxylic acids is 2. The lowest BCUT2D eigenvalue weighted by Gasteiger charge is -2.30. The molecule has 0 unspecified atom stereocenters. The molecule has 0 amide bonds. The molecule has 0 fully saturated rings. The third-order valence-electron chi connectivity index (χ3n) is 3.82. The molecule has 0 aliphatic heterocycles. The van der Waals surface area contributed by atoms with Crippen LogP contribution in [-0.4, -0.2) is 29.6 Å². The normalized spacial score (nSPS) is 14.7. The fourth-order valence-electron chi connectivity index (χ4n) is 2.42. The van der Waals surface area contributed by atoms with Gasteiger partial charge in [-0.15, -0.1) is 0 Å². The van der Waals surface area contributed by atoms with Gasteiger partial charge in [0.05, 0.1) is 17.6 Å². The fraction of sp³-hybridized carbons (Fsp3) is 0.524. The first-order chi connectivity index (χ1) is 12.9. The summed E-state index contributed by atoms with van der Waals surface area (Å²) in [7, 11) is 0. The second kappa shape index (κ2) is 10.4. The zero-order valence-corrected chi connectivity index (χ0v) is 16.6. The van der Waals surface area contributed by atoms with Gasteiger partial charge in [0, 0.05) is 0 Å². The molecule has 0 aliphatic carbocycles. The second-order valence-corrected chi connectivity index (χ2v) is 7.49. The number of ketones is 1. The van der Waals surface area contributed by atoms with E-state index in [-0.39, 0.29) is 19.4 Å². The number of hydrogen-bond donors (Lipinski definition) is 0. The predicted molar refractivity (Wildman–Crippen MR) is 99.5 cm³/mol. The Morgan fingerprint density at radius 3 is 2.25 bits per heavy atom. The predicted octanol–water partition coefficient (Wildman–Crippen LogP) is 5.02. The topological polar surface area (TPSA) is 52.6 Å². The van der Waals surface area contributed by atoms with Gasteiger partial charge in [0.15, 0.2) is 0 Å². The van der Waals surface area contributed by atoms with Crippen LogP contribution in [0.15, 0.2) is 42.5 Å². The largest absolute Gasteiger partial charge is 0.461 e. The van der Waals surface area contributed by atoms with E-state index in [1.54, 1.807) is 6.92 Å². The van der Waals surface area contributed by atoms with Crippen molar-refractivity contribution >= 4 is 11.8 Å². The number of esters is 1. The van der Waals surface area contributed by atoms with Crippen LogP contribution in [0.3, 0.4) is 0 Å². The van der Waals surface area contributed by atoms with E-state index < -0.39 is 35.6 Å². The van der Waals surface area contributed by atoms with E-state index in [1.165, 1.54) is 0 Å². The first kappa shape index (κ1) is 23.9. The lowest BCUT2D eigenvalue weighted by molar-refractivity contribution is -0.165. The molecule has 0 aliphatic rings. The van der Waals surface area contributed by atoms with Crippen molar-refractivity contribution in [1.29, 1.82) is 0 Å². The number of hydrogen-bond acceptors (Lipinski definition) is 4. The molecule has 1 aromatic carbocycles. The van der Waals surface area contributed by atoms with Crippen molar-refractivity contribution in [3.8, 4) is 0 Å². The van der Waals surface area contributed by atoms with Crippen molar-refractivity contribution in [2.45, 2.75) is 65.0 Å². The second-order valence-electron chi connectivity index (χ2n) is 7.49. The number of halogens is 3. The zero-order chi connectivity index (χ0) is 21.4. The minimum Gasteiger partial charge on any atom is -0.461 e. The van der Waals surface area contributed by atoms with Gasteiger partial charge in [-0.2, -0.15) is 13.2 Å². The molecule has 4 nitrogen and oxygen atoms in total. The van der Waals surface area contributed by atoms with Gasteiger partial charge in [0.25, 0.3) is 5.78 Å². The minimum absolute atomic E-state index is 0.131. The number of alkyl halides is 3. The highest BCUT2D eigenvalue weighted by molar-refractivity contribution is 5.94. The number of rotatable bonds is 9. The third kappa shape index (κ3) is 9.17. The van der Waals surface area contributed by atoms with Gasteiger partial charge in [-0.05, 0) is 52.2 Å². The molecule has 2 atom stereocenters. The Balaban J connectivity index is 2.67. The molecule has 0 bridgehead atoms. The fourth-order valence-corrected chi connectivity index (χ4v) is 2.42. The van der Waals surface area contributed by atoms with Gasteiger partial charge in [0.2, 0.25) is 0 Å². The van der Waals surface area contributed by atoms with Crippen LogP contribution >= 0.6 is 0 Å². The molecule has 0 spiro atoms. The van der Waals surface area contributed by atoms with Gasteiger partial charge < -0.3 is 9.47 Å². The third-order valence-corrected chi connectivity index (χ3v) is 3.82. The zero-order valence-electron chi connectivity index (χ0n) is 16.6. The van der Waals surface area contributed by atoms with Crippen molar-refractivity contribution in [2.24, 2.45) is 5.92 Å². The number of benzene rings is 1. The highest BCUT2D eigenvalue weighted by Gasteiger charge is 2.36. The van der Waals surface area contributed by atoms with E-state index >= 15 is 0 Å². The molecule has 156 valence electrons. The summed E-state index contributed by atoms with van der Waals surface area (Å²) in [5.41, 5.74) is 0.300. The molecule has 0 N–H and O–H groups in total. The molecule has 0 radical (unpaired) electrons. The summed E-state index contributed by atoms with van der Waals surface area (Å²) in [6.45, 7) is 7.27. The first-order valence-corrected chi connectivity index (χ1v) is 9.06. The maximum Gasteiger partial charge on any atom is 0.454 e. The molecule has 7 heteroatoms. The maximum atomic E-state index is 12.4. The van der Waals surface area contributed by atoms with E-state index in [2.05, 4.69) is 0 Å². The highest BCUT2D eigenvalue weighted by atomic mass is 19.4. The SMILES string of the molecule is C[C@H](C(=O)OCc1ccccc1)[C@H](CC/C=C/C(=O)C(F)(F)F)OC(C)(C)C. The van der Waals surface area contributed by atoms with Crippen LogP contribution in [0.5, 0.6) is 0 Å². The van der Waals surface area contributed by atoms with Gasteiger partial charge >= 0.3 is 12.1 Å². The summed E-state index contributed by atoms with van der Waals surface area (Å²) >= 11 is 0. The Morgan fingerprint density at radius 2 is 1.71 bits per heavy atom. The summed E-state index contributed by atoms with van der Waals surface area (Å²) < 4.78 is 47.9. The molecular weight excluding hydrogens is 373 g/mol. The monoisotopic (exact) mass is 400 g/mol. The molecule has 1 rings (SSSR count). The van der Waals surface area contributed by atoms with Crippen molar-refractivity contribution < 1.29 is 32.2 Å². The van der Waals surface area contributed by atoms with Crippen LogP contribution in [0.1, 0.15) is 46.1 Å². The Morgan fingerprint density at radius 1 is 1.11 bits per heavy atom. The molecule has 28 heavy (non-hydrogen) atoms. The quantitative estimate of drug-likeness (QED) is 0.432. The lowest BCUT2D eigenvalue weighted by Crippen LogP contribution is -2.36. The lowest BCUT2D eigenvalue weighted by atomic mass is 9.98. The molecule has 1 aromatic rings. The molecule has 0 aromatic heterocycles. The van der Waals surface area contributed by atoms with Gasteiger partial charge in [-0.25, -0.2) is 0 Å². The molecule has 0 heterocycles. The minimum atomic E-state index is -4.88. The van der Waals surface area contributed by atoms with Crippen LogP contribution in [0.25, 0.3) is 0 Å². The average Bonchev–Trinajstić information content (AvgIpc) is 2.60. The van der Waals surface area contributed by atoms with E-state index in [9.17, 15) is 22.8 Å². The van der Waals surface area contributed by atoms with Crippen molar-refractivity contribution in [1.82, 2.24) is 0 Å². The van der Waals surface area contributed by atoms with Gasteiger partial charge in [0.1, 0.15) is 6.61 Å². The Bertz CT molecular complexity index is 660. The summed E-state index contributed by atoms with van der Waals surface area (Å²) in [5, 5.41) is 0. The molecule has 0 saturated carbocycles. The van der Waals surface area contributed by atoms with E-state index in [4.69, 9.17) is 9.47 Å². The van der Waals surface area contributed by atoms with E-state index in [1.807, 2.05) is 51.1 Å². The smallest absolute Gasteiger partial charge is 0.454 e. The summed E-state index contributed by atoms with van der Waals surface area (Å²) in [6, 6.07) is 9.21. The number of carbonyl (C=O) groups is 2. The Labute approximate surface area is 163 Å². The highest BCUT2D eigenvalue weighted by Crippen LogP contribution is 2.23. The van der Waals surface area contributed by atoms with E-state index in [0.29, 0.717) is 6.08 Å². The molecular formula is C21H27F3O4. The summed E-state index contributed by atoms with van der Waals surface area (Å²) in [5.74, 6) is -2.97. The molecule has 0 saturated heterocycles. The van der Waals surface area contributed by atoms with Crippen LogP contribution < -0.4 is 0 Å². The van der Waals surface area contributed by atoms with Crippen molar-refractivity contribution in [3.63, 3.8) is 0 Å². The van der Waals surface area contributed by atoms with Crippen LogP contribution in [-0.2, 0) is 25.7 Å².